The third-order valence-electron chi connectivity index (χ3n) is 9.97. The van der Waals surface area contributed by atoms with Crippen molar-refractivity contribution in [3.8, 4) is 0 Å². The van der Waals surface area contributed by atoms with E-state index >= 15 is 0 Å². The second-order valence-electron chi connectivity index (χ2n) is 11.6. The number of fused-ring (bicyclic) bond motifs is 9. The highest BCUT2D eigenvalue weighted by atomic mass is 14.8. The SMILES string of the molecule is CC(C)(C)c1ccc2c(c1)C1(C)c3ccccc3C3(C)c4ccccc4C2(C)C31C. The van der Waals surface area contributed by atoms with Crippen molar-refractivity contribution < 1.29 is 0 Å². The normalized spacial score (nSPS) is 35.0. The molecule has 0 fully saturated rings. The molecule has 0 nitrogen and oxygen atoms in total. The van der Waals surface area contributed by atoms with Crippen molar-refractivity contribution in [3.63, 3.8) is 0 Å². The molecule has 0 amide bonds. The van der Waals surface area contributed by atoms with Crippen LogP contribution in [-0.2, 0) is 21.7 Å². The van der Waals surface area contributed by atoms with Crippen LogP contribution in [0.1, 0.15) is 87.4 Å². The van der Waals surface area contributed by atoms with E-state index in [-0.39, 0.29) is 27.1 Å². The first-order chi connectivity index (χ1) is 14.0. The summed E-state index contributed by atoms with van der Waals surface area (Å²) in [6.45, 7) is 17.2. The van der Waals surface area contributed by atoms with Crippen molar-refractivity contribution in [1.82, 2.24) is 0 Å². The fourth-order valence-corrected chi connectivity index (χ4v) is 8.12. The average molecular weight is 393 g/mol. The molecule has 0 N–H and O–H groups in total. The molecule has 152 valence electrons. The van der Waals surface area contributed by atoms with Gasteiger partial charge in [-0.25, -0.2) is 0 Å². The van der Waals surface area contributed by atoms with Crippen molar-refractivity contribution in [2.75, 3.05) is 0 Å². The van der Waals surface area contributed by atoms with Crippen molar-refractivity contribution in [2.45, 2.75) is 70.1 Å². The fraction of sp³-hybridized carbons (Fsp3) is 0.400. The standard InChI is InChI=1S/C30H32/c1-26(2,3)19-16-17-24-25(18-19)29(6)23-15-11-10-14-22(23)27(4)20-12-8-9-13-21(20)28(24,5)30(27,29)7/h8-18H,1-7H3. The Morgan fingerprint density at radius 3 is 1.27 bits per heavy atom. The van der Waals surface area contributed by atoms with E-state index in [1.807, 2.05) is 0 Å². The number of hydrogen-bond acceptors (Lipinski definition) is 0. The van der Waals surface area contributed by atoms with Crippen LogP contribution in [0.5, 0.6) is 0 Å². The molecular weight excluding hydrogens is 360 g/mol. The van der Waals surface area contributed by atoms with Gasteiger partial charge in [0.05, 0.1) is 0 Å². The number of rotatable bonds is 0. The van der Waals surface area contributed by atoms with Gasteiger partial charge in [0.1, 0.15) is 0 Å². The van der Waals surface area contributed by atoms with Gasteiger partial charge in [0.25, 0.3) is 0 Å². The van der Waals surface area contributed by atoms with Crippen LogP contribution in [0.4, 0.5) is 0 Å². The highest BCUT2D eigenvalue weighted by Crippen LogP contribution is 2.82. The van der Waals surface area contributed by atoms with Crippen LogP contribution < -0.4 is 0 Å². The van der Waals surface area contributed by atoms with Gasteiger partial charge in [-0.1, -0.05) is 115 Å². The zero-order valence-corrected chi connectivity index (χ0v) is 19.4. The third kappa shape index (κ3) is 1.51. The number of benzene rings is 3. The Morgan fingerprint density at radius 1 is 0.500 bits per heavy atom. The first-order valence-electron chi connectivity index (χ1n) is 11.4. The fourth-order valence-electron chi connectivity index (χ4n) is 8.12. The molecule has 0 aliphatic heterocycles. The second-order valence-corrected chi connectivity index (χ2v) is 11.6. The Morgan fingerprint density at radius 2 is 0.867 bits per heavy atom. The Bertz CT molecular complexity index is 1230. The van der Waals surface area contributed by atoms with Crippen LogP contribution in [0, 0.1) is 5.41 Å². The molecule has 0 radical (unpaired) electrons. The lowest BCUT2D eigenvalue weighted by molar-refractivity contribution is 0.0997. The molecule has 3 aromatic rings. The summed E-state index contributed by atoms with van der Waals surface area (Å²) in [5.41, 5.74) is 10.8. The van der Waals surface area contributed by atoms with Gasteiger partial charge in [-0.15, -0.1) is 0 Å². The third-order valence-corrected chi connectivity index (χ3v) is 9.97. The van der Waals surface area contributed by atoms with Crippen molar-refractivity contribution in [1.29, 1.82) is 0 Å². The molecule has 3 aliphatic rings. The lowest BCUT2D eigenvalue weighted by Gasteiger charge is -2.49. The zero-order chi connectivity index (χ0) is 21.3. The predicted octanol–water partition coefficient (Wildman–Crippen LogP) is 7.25. The first-order valence-corrected chi connectivity index (χ1v) is 11.4. The van der Waals surface area contributed by atoms with Gasteiger partial charge < -0.3 is 0 Å². The van der Waals surface area contributed by atoms with E-state index in [0.717, 1.165) is 0 Å². The zero-order valence-electron chi connectivity index (χ0n) is 19.4. The Hall–Kier alpha value is -2.34. The lowest BCUT2D eigenvalue weighted by atomic mass is 9.52. The molecule has 30 heavy (non-hydrogen) atoms. The van der Waals surface area contributed by atoms with Gasteiger partial charge in [0, 0.05) is 21.7 Å². The van der Waals surface area contributed by atoms with Crippen LogP contribution in [0.25, 0.3) is 0 Å². The second kappa shape index (κ2) is 4.93. The van der Waals surface area contributed by atoms with Crippen LogP contribution in [-0.4, -0.2) is 0 Å². The van der Waals surface area contributed by atoms with Crippen molar-refractivity contribution in [2.24, 2.45) is 5.41 Å². The topological polar surface area (TPSA) is 0 Å². The molecule has 0 saturated carbocycles. The molecule has 0 spiro atoms. The quantitative estimate of drug-likeness (QED) is 0.378. The summed E-state index contributed by atoms with van der Waals surface area (Å²) < 4.78 is 0. The highest BCUT2D eigenvalue weighted by molar-refractivity contribution is 5.76. The molecule has 0 heterocycles. The molecule has 3 aliphatic carbocycles. The molecule has 0 aromatic heterocycles. The van der Waals surface area contributed by atoms with E-state index in [1.165, 1.54) is 33.4 Å². The van der Waals surface area contributed by atoms with Gasteiger partial charge in [0.2, 0.25) is 0 Å². The molecule has 0 bridgehead atoms. The molecule has 4 unspecified atom stereocenters. The summed E-state index contributed by atoms with van der Waals surface area (Å²) >= 11 is 0. The first kappa shape index (κ1) is 18.4. The minimum atomic E-state index is -0.0251. The maximum Gasteiger partial charge on any atom is 0.0257 e. The summed E-state index contributed by atoms with van der Waals surface area (Å²) in [7, 11) is 0. The highest BCUT2D eigenvalue weighted by Gasteiger charge is 2.79. The van der Waals surface area contributed by atoms with Gasteiger partial charge in [-0.3, -0.25) is 0 Å². The molecule has 0 saturated heterocycles. The summed E-state index contributed by atoms with van der Waals surface area (Å²) in [4.78, 5) is 0. The minimum Gasteiger partial charge on any atom is -0.0619 e. The molecule has 6 rings (SSSR count). The van der Waals surface area contributed by atoms with E-state index in [1.54, 1.807) is 5.56 Å². The summed E-state index contributed by atoms with van der Waals surface area (Å²) in [6.07, 6.45) is 0. The smallest absolute Gasteiger partial charge is 0.0257 e. The summed E-state index contributed by atoms with van der Waals surface area (Å²) in [6, 6.07) is 26.0. The number of hydrogen-bond donors (Lipinski definition) is 0. The van der Waals surface area contributed by atoms with Gasteiger partial charge >= 0.3 is 0 Å². The largest absolute Gasteiger partial charge is 0.0619 e. The van der Waals surface area contributed by atoms with Crippen molar-refractivity contribution in [3.05, 3.63) is 106 Å². The minimum absolute atomic E-state index is 0.00932. The molecular formula is C30H32. The van der Waals surface area contributed by atoms with Crippen LogP contribution in [0.3, 0.4) is 0 Å². The summed E-state index contributed by atoms with van der Waals surface area (Å²) in [5.74, 6) is 0. The molecule has 4 atom stereocenters. The van der Waals surface area contributed by atoms with Gasteiger partial charge in [0.15, 0.2) is 0 Å². The van der Waals surface area contributed by atoms with Crippen molar-refractivity contribution >= 4 is 0 Å². The van der Waals surface area contributed by atoms with Crippen LogP contribution in [0.15, 0.2) is 66.7 Å². The van der Waals surface area contributed by atoms with E-state index in [2.05, 4.69) is 115 Å². The maximum atomic E-state index is 2.59. The van der Waals surface area contributed by atoms with E-state index in [4.69, 9.17) is 0 Å². The van der Waals surface area contributed by atoms with E-state index in [9.17, 15) is 0 Å². The predicted molar refractivity (Wildman–Crippen MR) is 125 cm³/mol. The molecule has 0 heteroatoms. The van der Waals surface area contributed by atoms with E-state index in [0.29, 0.717) is 0 Å². The lowest BCUT2D eigenvalue weighted by Crippen LogP contribution is -2.51. The van der Waals surface area contributed by atoms with Crippen LogP contribution in [0.2, 0.25) is 0 Å². The Kier molecular flexibility index (Phi) is 3.03. The Balaban J connectivity index is 1.85. The average Bonchev–Trinajstić information content (AvgIpc) is 3.09. The maximum absolute atomic E-state index is 2.59. The molecule has 3 aromatic carbocycles. The van der Waals surface area contributed by atoms with E-state index < -0.39 is 0 Å². The Labute approximate surface area is 181 Å². The van der Waals surface area contributed by atoms with Crippen LogP contribution >= 0.6 is 0 Å². The summed E-state index contributed by atoms with van der Waals surface area (Å²) in [5, 5.41) is 0. The van der Waals surface area contributed by atoms with Gasteiger partial charge in [-0.2, -0.15) is 0 Å². The van der Waals surface area contributed by atoms with Gasteiger partial charge in [-0.05, 0) is 44.4 Å². The monoisotopic (exact) mass is 392 g/mol.